The van der Waals surface area contributed by atoms with E-state index in [1.165, 1.54) is 5.56 Å². The summed E-state index contributed by atoms with van der Waals surface area (Å²) in [5.74, 6) is 1.54. The summed E-state index contributed by atoms with van der Waals surface area (Å²) in [4.78, 5) is 4.13. The Morgan fingerprint density at radius 1 is 1.06 bits per heavy atom. The van der Waals surface area contributed by atoms with Crippen molar-refractivity contribution in [1.82, 2.24) is 4.90 Å². The van der Waals surface area contributed by atoms with Crippen molar-refractivity contribution in [3.63, 3.8) is 0 Å². The van der Waals surface area contributed by atoms with E-state index in [1.54, 1.807) is 0 Å². The first-order valence-electron chi connectivity index (χ1n) is 11.2. The van der Waals surface area contributed by atoms with Crippen molar-refractivity contribution in [2.24, 2.45) is 0 Å². The Hall–Kier alpha value is -2.09. The van der Waals surface area contributed by atoms with Crippen LogP contribution in [0.1, 0.15) is 37.3 Å². The minimum Gasteiger partial charge on any atom is -0.491 e. The summed E-state index contributed by atoms with van der Waals surface area (Å²) < 4.78 is 29.9. The predicted molar refractivity (Wildman–Crippen MR) is 130 cm³/mol. The van der Waals surface area contributed by atoms with E-state index in [0.29, 0.717) is 25.4 Å². The third-order valence-electron chi connectivity index (χ3n) is 6.00. The molecule has 2 aromatic carbocycles. The fraction of sp³-hybridized carbons (Fsp3) is 0.520. The van der Waals surface area contributed by atoms with Crippen LogP contribution >= 0.6 is 0 Å². The fourth-order valence-electron chi connectivity index (χ4n) is 4.00. The van der Waals surface area contributed by atoms with E-state index in [2.05, 4.69) is 43.0 Å². The molecule has 0 radical (unpaired) electrons. The highest BCUT2D eigenvalue weighted by atomic mass is 32.2. The highest BCUT2D eigenvalue weighted by Crippen LogP contribution is 2.22. The Bertz CT molecular complexity index is 956. The number of hydrogen-bond acceptors (Lipinski definition) is 6. The van der Waals surface area contributed by atoms with Gasteiger partial charge in [0.25, 0.3) is 0 Å². The second kappa shape index (κ2) is 10.7. The number of aliphatic hydroxyl groups excluding tert-OH is 1. The minimum atomic E-state index is -3.01. The first-order chi connectivity index (χ1) is 15.1. The van der Waals surface area contributed by atoms with Gasteiger partial charge in [0.05, 0.1) is 11.5 Å². The molecule has 7 heteroatoms. The summed E-state index contributed by atoms with van der Waals surface area (Å²) in [7, 11) is 0.981. The van der Waals surface area contributed by atoms with E-state index in [1.807, 2.05) is 43.3 Å². The maximum atomic E-state index is 12.1. The SMILES string of the molecule is CC(C)c1ccc(OCC(O)CN(Cc2ccc(N(C)C)cc2)C2CCS(=O)(=O)C2)cc1. The lowest BCUT2D eigenvalue weighted by molar-refractivity contribution is 0.0525. The largest absolute Gasteiger partial charge is 0.491 e. The Morgan fingerprint density at radius 2 is 1.72 bits per heavy atom. The fourth-order valence-corrected chi connectivity index (χ4v) is 5.77. The minimum absolute atomic E-state index is 0.0894. The van der Waals surface area contributed by atoms with Crippen LogP contribution in [0.25, 0.3) is 0 Å². The van der Waals surface area contributed by atoms with E-state index in [-0.39, 0.29) is 24.2 Å². The Labute approximate surface area is 192 Å². The van der Waals surface area contributed by atoms with Crippen LogP contribution in [0.5, 0.6) is 5.75 Å². The molecule has 0 amide bonds. The van der Waals surface area contributed by atoms with Gasteiger partial charge >= 0.3 is 0 Å². The van der Waals surface area contributed by atoms with Crippen LogP contribution in [0.2, 0.25) is 0 Å². The van der Waals surface area contributed by atoms with Gasteiger partial charge in [-0.2, -0.15) is 0 Å². The molecule has 0 spiro atoms. The number of rotatable bonds is 10. The van der Waals surface area contributed by atoms with Crippen molar-refractivity contribution in [2.45, 2.75) is 44.9 Å². The highest BCUT2D eigenvalue weighted by Gasteiger charge is 2.33. The van der Waals surface area contributed by atoms with Gasteiger partial charge in [-0.3, -0.25) is 4.90 Å². The van der Waals surface area contributed by atoms with Crippen molar-refractivity contribution in [3.8, 4) is 5.75 Å². The van der Waals surface area contributed by atoms with Gasteiger partial charge < -0.3 is 14.7 Å². The molecular weight excluding hydrogens is 424 g/mol. The smallest absolute Gasteiger partial charge is 0.151 e. The molecule has 1 aliphatic heterocycles. The zero-order valence-electron chi connectivity index (χ0n) is 19.6. The lowest BCUT2D eigenvalue weighted by atomic mass is 10.0. The zero-order chi connectivity index (χ0) is 23.3. The number of aliphatic hydroxyl groups is 1. The van der Waals surface area contributed by atoms with Gasteiger partial charge in [-0.1, -0.05) is 38.1 Å². The van der Waals surface area contributed by atoms with Gasteiger partial charge in [-0.25, -0.2) is 8.42 Å². The Balaban J connectivity index is 1.63. The molecule has 2 atom stereocenters. The molecule has 2 unspecified atom stereocenters. The summed E-state index contributed by atoms with van der Waals surface area (Å²) in [5, 5.41) is 10.7. The Morgan fingerprint density at radius 3 is 2.25 bits per heavy atom. The molecule has 0 bridgehead atoms. The van der Waals surface area contributed by atoms with Crippen LogP contribution in [0.4, 0.5) is 5.69 Å². The maximum absolute atomic E-state index is 12.1. The second-order valence-electron chi connectivity index (χ2n) is 9.24. The number of nitrogens with zero attached hydrogens (tertiary/aromatic N) is 2. The summed E-state index contributed by atoms with van der Waals surface area (Å²) >= 11 is 0. The van der Waals surface area contributed by atoms with Gasteiger partial charge in [0, 0.05) is 38.9 Å². The summed E-state index contributed by atoms with van der Waals surface area (Å²) in [6.45, 7) is 5.40. The molecule has 32 heavy (non-hydrogen) atoms. The second-order valence-corrected chi connectivity index (χ2v) is 11.5. The van der Waals surface area contributed by atoms with E-state index in [0.717, 1.165) is 17.0 Å². The van der Waals surface area contributed by atoms with Crippen LogP contribution in [0.15, 0.2) is 48.5 Å². The zero-order valence-corrected chi connectivity index (χ0v) is 20.4. The van der Waals surface area contributed by atoms with E-state index >= 15 is 0 Å². The van der Waals surface area contributed by atoms with Crippen LogP contribution in [-0.4, -0.2) is 69.3 Å². The molecule has 0 saturated carbocycles. The van der Waals surface area contributed by atoms with Crippen LogP contribution in [0, 0.1) is 0 Å². The number of anilines is 1. The molecule has 2 aromatic rings. The van der Waals surface area contributed by atoms with Gasteiger partial charge in [0.1, 0.15) is 18.5 Å². The molecule has 176 valence electrons. The molecule has 1 saturated heterocycles. The average Bonchev–Trinajstić information content (AvgIpc) is 3.12. The van der Waals surface area contributed by atoms with Crippen molar-refractivity contribution < 1.29 is 18.3 Å². The number of benzene rings is 2. The normalized spacial score (nSPS) is 18.8. The first kappa shape index (κ1) is 24.6. The van der Waals surface area contributed by atoms with Crippen molar-refractivity contribution in [1.29, 1.82) is 0 Å². The summed E-state index contributed by atoms with van der Waals surface area (Å²) in [6.07, 6.45) is -0.119. The molecular formula is C25H36N2O4S. The van der Waals surface area contributed by atoms with E-state index < -0.39 is 15.9 Å². The number of hydrogen-bond donors (Lipinski definition) is 1. The molecule has 0 aromatic heterocycles. The topological polar surface area (TPSA) is 70.1 Å². The number of sulfone groups is 1. The van der Waals surface area contributed by atoms with Crippen molar-refractivity contribution >= 4 is 15.5 Å². The van der Waals surface area contributed by atoms with Gasteiger partial charge in [-0.05, 0) is 47.7 Å². The van der Waals surface area contributed by atoms with Crippen LogP contribution in [0.3, 0.4) is 0 Å². The standard InChI is InChI=1S/C25H36N2O4S/c1-19(2)21-7-11-25(12-8-21)31-17-24(28)16-27(23-13-14-32(29,30)18-23)15-20-5-9-22(10-6-20)26(3)4/h5-12,19,23-24,28H,13-18H2,1-4H3. The lowest BCUT2D eigenvalue weighted by Crippen LogP contribution is -2.42. The maximum Gasteiger partial charge on any atom is 0.151 e. The van der Waals surface area contributed by atoms with Gasteiger partial charge in [0.15, 0.2) is 9.84 Å². The van der Waals surface area contributed by atoms with E-state index in [9.17, 15) is 13.5 Å². The molecule has 1 heterocycles. The average molecular weight is 461 g/mol. The van der Waals surface area contributed by atoms with Gasteiger partial charge in [0.2, 0.25) is 0 Å². The van der Waals surface area contributed by atoms with Gasteiger partial charge in [-0.15, -0.1) is 0 Å². The highest BCUT2D eigenvalue weighted by molar-refractivity contribution is 7.91. The number of ether oxygens (including phenoxy) is 1. The lowest BCUT2D eigenvalue weighted by Gasteiger charge is -2.30. The molecule has 1 N–H and O–H groups in total. The van der Waals surface area contributed by atoms with Crippen molar-refractivity contribution in [2.75, 3.05) is 43.7 Å². The molecule has 1 aliphatic rings. The van der Waals surface area contributed by atoms with E-state index in [4.69, 9.17) is 4.74 Å². The third kappa shape index (κ3) is 6.95. The molecule has 1 fully saturated rings. The first-order valence-corrected chi connectivity index (χ1v) is 13.1. The summed E-state index contributed by atoms with van der Waals surface area (Å²) in [5.41, 5.74) is 3.45. The summed E-state index contributed by atoms with van der Waals surface area (Å²) in [6, 6.07) is 16.1. The predicted octanol–water partition coefficient (Wildman–Crippen LogP) is 3.31. The van der Waals surface area contributed by atoms with Crippen LogP contribution < -0.4 is 9.64 Å². The quantitative estimate of drug-likeness (QED) is 0.587. The monoisotopic (exact) mass is 460 g/mol. The molecule has 3 rings (SSSR count). The molecule has 6 nitrogen and oxygen atoms in total. The van der Waals surface area contributed by atoms with Crippen molar-refractivity contribution in [3.05, 3.63) is 59.7 Å². The third-order valence-corrected chi connectivity index (χ3v) is 7.75. The van der Waals surface area contributed by atoms with Crippen LogP contribution in [-0.2, 0) is 16.4 Å². The molecule has 0 aliphatic carbocycles. The Kier molecular flexibility index (Phi) is 8.20.